The van der Waals surface area contributed by atoms with Gasteiger partial charge in [-0.1, -0.05) is 26.0 Å². The lowest BCUT2D eigenvalue weighted by molar-refractivity contribution is -0.120. The Kier molecular flexibility index (Phi) is 5.74. The fourth-order valence-corrected chi connectivity index (χ4v) is 2.46. The molecule has 0 bridgehead atoms. The van der Waals surface area contributed by atoms with Gasteiger partial charge in [0.15, 0.2) is 0 Å². The van der Waals surface area contributed by atoms with Crippen molar-refractivity contribution >= 4 is 23.1 Å². The van der Waals surface area contributed by atoms with Crippen molar-refractivity contribution in [3.63, 3.8) is 0 Å². The maximum Gasteiger partial charge on any atom is 0.228 e. The van der Waals surface area contributed by atoms with Crippen LogP contribution in [0.25, 0.3) is 0 Å². The molecule has 0 radical (unpaired) electrons. The van der Waals surface area contributed by atoms with Crippen molar-refractivity contribution in [1.29, 1.82) is 0 Å². The van der Waals surface area contributed by atoms with Crippen LogP contribution in [-0.4, -0.2) is 10.9 Å². The van der Waals surface area contributed by atoms with E-state index in [9.17, 15) is 4.79 Å². The van der Waals surface area contributed by atoms with Gasteiger partial charge >= 0.3 is 0 Å². The summed E-state index contributed by atoms with van der Waals surface area (Å²) < 4.78 is 0. The van der Waals surface area contributed by atoms with Crippen molar-refractivity contribution in [3.8, 4) is 0 Å². The largest absolute Gasteiger partial charge is 0.354 e. The van der Waals surface area contributed by atoms with Crippen LogP contribution in [0, 0.1) is 19.8 Å². The number of benzene rings is 1. The molecule has 122 valence electrons. The number of aryl methyl sites for hydroxylation is 2. The first-order valence-electron chi connectivity index (χ1n) is 8.14. The molecular weight excluding hydrogens is 286 g/mol. The Morgan fingerprint density at radius 2 is 1.87 bits per heavy atom. The average Bonchev–Trinajstić information content (AvgIpc) is 2.54. The fraction of sp³-hybridized carbons (Fsp3) is 0.368. The molecule has 4 nitrogen and oxygen atoms in total. The van der Waals surface area contributed by atoms with Crippen LogP contribution < -0.4 is 10.6 Å². The Hall–Kier alpha value is -2.36. The molecule has 4 heteroatoms. The van der Waals surface area contributed by atoms with Gasteiger partial charge in [-0.15, -0.1) is 0 Å². The molecule has 2 aromatic rings. The lowest BCUT2D eigenvalue weighted by Gasteiger charge is -2.13. The highest BCUT2D eigenvalue weighted by molar-refractivity contribution is 5.91. The quantitative estimate of drug-likeness (QED) is 0.804. The van der Waals surface area contributed by atoms with E-state index in [0.29, 0.717) is 5.82 Å². The van der Waals surface area contributed by atoms with Crippen molar-refractivity contribution in [2.24, 2.45) is 5.92 Å². The molecule has 1 heterocycles. The molecule has 23 heavy (non-hydrogen) atoms. The highest BCUT2D eigenvalue weighted by atomic mass is 16.1. The van der Waals surface area contributed by atoms with Crippen LogP contribution in [0.5, 0.6) is 0 Å². The molecule has 0 spiro atoms. The molecular formula is C19H25N3O. The molecule has 1 aromatic carbocycles. The maximum absolute atomic E-state index is 12.1. The minimum atomic E-state index is 0.0396. The van der Waals surface area contributed by atoms with Crippen molar-refractivity contribution in [2.45, 2.75) is 40.5 Å². The van der Waals surface area contributed by atoms with E-state index in [1.165, 1.54) is 11.1 Å². The zero-order valence-corrected chi connectivity index (χ0v) is 14.3. The zero-order chi connectivity index (χ0) is 16.8. The van der Waals surface area contributed by atoms with Gasteiger partial charge in [0.25, 0.3) is 0 Å². The Bertz CT molecular complexity index is 661. The van der Waals surface area contributed by atoms with E-state index in [1.54, 1.807) is 6.20 Å². The second kappa shape index (κ2) is 7.77. The Labute approximate surface area is 138 Å². The van der Waals surface area contributed by atoms with Gasteiger partial charge in [0.05, 0.1) is 11.9 Å². The monoisotopic (exact) mass is 311 g/mol. The van der Waals surface area contributed by atoms with Gasteiger partial charge in [0.1, 0.15) is 5.82 Å². The molecule has 1 aromatic heterocycles. The Morgan fingerprint density at radius 3 is 2.48 bits per heavy atom. The number of hydrogen-bond acceptors (Lipinski definition) is 3. The van der Waals surface area contributed by atoms with Crippen molar-refractivity contribution in [2.75, 3.05) is 10.6 Å². The number of pyridine rings is 1. The zero-order valence-electron chi connectivity index (χ0n) is 14.3. The standard InChI is InChI=1S/C19H25N3O/c1-5-15(6-2)19(23)22-18-10-9-16(12-20-18)21-17-11-13(3)7-8-14(17)4/h7-12,15,21H,5-6H2,1-4H3,(H,20,22,23). The first-order valence-corrected chi connectivity index (χ1v) is 8.14. The normalized spacial score (nSPS) is 10.7. The van der Waals surface area contributed by atoms with Crippen molar-refractivity contribution < 1.29 is 4.79 Å². The second-order valence-electron chi connectivity index (χ2n) is 5.88. The number of amides is 1. The second-order valence-corrected chi connectivity index (χ2v) is 5.88. The summed E-state index contributed by atoms with van der Waals surface area (Å²) in [6, 6.07) is 10.0. The molecule has 2 rings (SSSR count). The summed E-state index contributed by atoms with van der Waals surface area (Å²) in [6.07, 6.45) is 3.42. The van der Waals surface area contributed by atoms with Crippen LogP contribution in [0.2, 0.25) is 0 Å². The van der Waals surface area contributed by atoms with Gasteiger partial charge < -0.3 is 10.6 Å². The summed E-state index contributed by atoms with van der Waals surface area (Å²) in [5, 5.41) is 6.24. The van der Waals surface area contributed by atoms with E-state index in [1.807, 2.05) is 26.0 Å². The molecule has 0 saturated heterocycles. The van der Waals surface area contributed by atoms with Crippen molar-refractivity contribution in [1.82, 2.24) is 4.98 Å². The third-order valence-corrected chi connectivity index (χ3v) is 4.04. The molecule has 0 fully saturated rings. The summed E-state index contributed by atoms with van der Waals surface area (Å²) in [6.45, 7) is 8.19. The number of rotatable bonds is 6. The Balaban J connectivity index is 2.05. The number of nitrogens with one attached hydrogen (secondary N) is 2. The molecule has 0 saturated carbocycles. The maximum atomic E-state index is 12.1. The van der Waals surface area contributed by atoms with E-state index >= 15 is 0 Å². The predicted octanol–water partition coefficient (Wildman–Crippen LogP) is 4.82. The van der Waals surface area contributed by atoms with Gasteiger partial charge in [-0.05, 0) is 56.0 Å². The highest BCUT2D eigenvalue weighted by Crippen LogP contribution is 2.22. The van der Waals surface area contributed by atoms with E-state index < -0.39 is 0 Å². The summed E-state index contributed by atoms with van der Waals surface area (Å²) in [5.74, 6) is 0.677. The molecule has 0 aliphatic carbocycles. The van der Waals surface area contributed by atoms with Gasteiger partial charge in [-0.2, -0.15) is 0 Å². The summed E-state index contributed by atoms with van der Waals surface area (Å²) >= 11 is 0. The number of carbonyl (C=O) groups is 1. The molecule has 2 N–H and O–H groups in total. The van der Waals surface area contributed by atoms with E-state index in [-0.39, 0.29) is 11.8 Å². The van der Waals surface area contributed by atoms with Gasteiger partial charge in [0.2, 0.25) is 5.91 Å². The molecule has 0 aliphatic rings. The first kappa shape index (κ1) is 17.0. The lowest BCUT2D eigenvalue weighted by atomic mass is 10.0. The third-order valence-electron chi connectivity index (χ3n) is 4.04. The molecule has 0 atom stereocenters. The third kappa shape index (κ3) is 4.55. The average molecular weight is 311 g/mol. The van der Waals surface area contributed by atoms with Gasteiger partial charge in [-0.3, -0.25) is 4.79 Å². The van der Waals surface area contributed by atoms with Crippen LogP contribution in [0.1, 0.15) is 37.8 Å². The van der Waals surface area contributed by atoms with E-state index in [0.717, 1.165) is 24.2 Å². The SMILES string of the molecule is CCC(CC)C(=O)Nc1ccc(Nc2cc(C)ccc2C)cn1. The van der Waals surface area contributed by atoms with Crippen molar-refractivity contribution in [3.05, 3.63) is 47.7 Å². The lowest BCUT2D eigenvalue weighted by Crippen LogP contribution is -2.22. The van der Waals surface area contributed by atoms with E-state index in [4.69, 9.17) is 0 Å². The number of nitrogens with zero attached hydrogens (tertiary/aromatic N) is 1. The minimum Gasteiger partial charge on any atom is -0.354 e. The van der Waals surface area contributed by atoms with Crippen LogP contribution in [0.3, 0.4) is 0 Å². The van der Waals surface area contributed by atoms with Crippen LogP contribution in [0.4, 0.5) is 17.2 Å². The summed E-state index contributed by atoms with van der Waals surface area (Å²) in [4.78, 5) is 16.4. The molecule has 0 unspecified atom stereocenters. The van der Waals surface area contributed by atoms with Crippen LogP contribution >= 0.6 is 0 Å². The number of aromatic nitrogens is 1. The van der Waals surface area contributed by atoms with Gasteiger partial charge in [-0.25, -0.2) is 4.98 Å². The van der Waals surface area contributed by atoms with Crippen LogP contribution in [-0.2, 0) is 4.79 Å². The van der Waals surface area contributed by atoms with Gasteiger partial charge in [0, 0.05) is 11.6 Å². The Morgan fingerprint density at radius 1 is 1.13 bits per heavy atom. The topological polar surface area (TPSA) is 54.0 Å². The molecule has 1 amide bonds. The number of hydrogen-bond donors (Lipinski definition) is 2. The minimum absolute atomic E-state index is 0.0396. The highest BCUT2D eigenvalue weighted by Gasteiger charge is 2.14. The number of carbonyl (C=O) groups excluding carboxylic acids is 1. The molecule has 0 aliphatic heterocycles. The first-order chi connectivity index (χ1) is 11.0. The van der Waals surface area contributed by atoms with Crippen LogP contribution in [0.15, 0.2) is 36.5 Å². The fourth-order valence-electron chi connectivity index (χ4n) is 2.46. The van der Waals surface area contributed by atoms with E-state index in [2.05, 4.69) is 47.7 Å². The summed E-state index contributed by atoms with van der Waals surface area (Å²) in [7, 11) is 0. The predicted molar refractivity (Wildman–Crippen MR) is 96.1 cm³/mol. The summed E-state index contributed by atoms with van der Waals surface area (Å²) in [5.41, 5.74) is 4.36. The smallest absolute Gasteiger partial charge is 0.228 e. The number of anilines is 3.